The quantitative estimate of drug-likeness (QED) is 0.521. The van der Waals surface area contributed by atoms with Crippen LogP contribution in [0.1, 0.15) is 27.7 Å². The van der Waals surface area contributed by atoms with Crippen LogP contribution < -0.4 is 5.32 Å². The fraction of sp³-hybridized carbons (Fsp3) is 0.438. The summed E-state index contributed by atoms with van der Waals surface area (Å²) in [5, 5.41) is 13.4. The molecule has 118 valence electrons. The van der Waals surface area contributed by atoms with Gasteiger partial charge in [-0.3, -0.25) is 14.9 Å². The molecule has 1 fully saturated rings. The molecule has 1 aliphatic carbocycles. The Morgan fingerprint density at radius 2 is 2.05 bits per heavy atom. The molecular formula is C16H19FN2O3. The zero-order chi connectivity index (χ0) is 16.7. The van der Waals surface area contributed by atoms with Gasteiger partial charge in [-0.05, 0) is 37.3 Å². The molecule has 6 heteroatoms. The van der Waals surface area contributed by atoms with E-state index in [9.17, 15) is 19.3 Å². The Morgan fingerprint density at radius 3 is 2.59 bits per heavy atom. The molecule has 5 nitrogen and oxygen atoms in total. The molecule has 1 aliphatic rings. The molecule has 2 atom stereocenters. The second-order valence-electron chi connectivity index (χ2n) is 6.48. The van der Waals surface area contributed by atoms with Crippen molar-refractivity contribution >= 4 is 17.3 Å². The Kier molecular flexibility index (Phi) is 4.04. The number of allylic oxidation sites excluding steroid dienone is 2. The minimum absolute atomic E-state index is 0.146. The number of nitrogens with zero attached hydrogens (tertiary/aromatic N) is 1. The summed E-state index contributed by atoms with van der Waals surface area (Å²) in [4.78, 5) is 22.3. The highest BCUT2D eigenvalue weighted by molar-refractivity contribution is 5.96. The third-order valence-electron chi connectivity index (χ3n) is 4.12. The predicted octanol–water partition coefficient (Wildman–Crippen LogP) is 3.91. The van der Waals surface area contributed by atoms with Crippen LogP contribution in [0.25, 0.3) is 0 Å². The number of nitrogens with one attached hydrogen (secondary N) is 1. The summed E-state index contributed by atoms with van der Waals surface area (Å²) < 4.78 is 13.3. The van der Waals surface area contributed by atoms with Gasteiger partial charge in [0.1, 0.15) is 0 Å². The molecule has 0 saturated heterocycles. The van der Waals surface area contributed by atoms with Crippen molar-refractivity contribution in [3.05, 3.63) is 45.8 Å². The van der Waals surface area contributed by atoms with Crippen molar-refractivity contribution < 1.29 is 14.1 Å². The van der Waals surface area contributed by atoms with E-state index >= 15 is 0 Å². The number of halogens is 1. The van der Waals surface area contributed by atoms with E-state index in [1.807, 2.05) is 27.7 Å². The summed E-state index contributed by atoms with van der Waals surface area (Å²) in [5.41, 5.74) is 0.587. The van der Waals surface area contributed by atoms with Crippen LogP contribution >= 0.6 is 0 Å². The molecular weight excluding hydrogens is 287 g/mol. The number of carbonyl (C=O) groups is 1. The fourth-order valence-electron chi connectivity index (χ4n) is 2.80. The van der Waals surface area contributed by atoms with Crippen LogP contribution in [0.3, 0.4) is 0 Å². The minimum atomic E-state index is -0.919. The smallest absolute Gasteiger partial charge is 0.306 e. The van der Waals surface area contributed by atoms with Crippen molar-refractivity contribution in [2.45, 2.75) is 27.7 Å². The van der Waals surface area contributed by atoms with Gasteiger partial charge in [-0.15, -0.1) is 0 Å². The fourth-order valence-corrected chi connectivity index (χ4v) is 2.80. The zero-order valence-corrected chi connectivity index (χ0v) is 13.0. The number of anilines is 1. The number of rotatable bonds is 4. The summed E-state index contributed by atoms with van der Waals surface area (Å²) in [5.74, 6) is -1.16. The Hall–Kier alpha value is -2.24. The van der Waals surface area contributed by atoms with Crippen molar-refractivity contribution in [2.75, 3.05) is 5.32 Å². The normalized spacial score (nSPS) is 21.9. The lowest BCUT2D eigenvalue weighted by molar-refractivity contribution is -0.387. The molecule has 0 spiro atoms. The van der Waals surface area contributed by atoms with E-state index in [0.29, 0.717) is 0 Å². The highest BCUT2D eigenvalue weighted by Crippen LogP contribution is 2.59. The van der Waals surface area contributed by atoms with E-state index in [4.69, 9.17) is 0 Å². The van der Waals surface area contributed by atoms with Crippen LogP contribution in [0.5, 0.6) is 0 Å². The second kappa shape index (κ2) is 5.51. The first-order valence-corrected chi connectivity index (χ1v) is 7.04. The second-order valence-corrected chi connectivity index (χ2v) is 6.48. The molecule has 1 aromatic rings. The third-order valence-corrected chi connectivity index (χ3v) is 4.12. The highest BCUT2D eigenvalue weighted by atomic mass is 19.1. The van der Waals surface area contributed by atoms with Crippen molar-refractivity contribution in [1.82, 2.24) is 0 Å². The zero-order valence-electron chi connectivity index (χ0n) is 13.0. The van der Waals surface area contributed by atoms with Gasteiger partial charge in [0.05, 0.1) is 10.8 Å². The summed E-state index contributed by atoms with van der Waals surface area (Å²) in [6.45, 7) is 7.97. The van der Waals surface area contributed by atoms with Gasteiger partial charge >= 0.3 is 5.69 Å². The van der Waals surface area contributed by atoms with Gasteiger partial charge in [0.15, 0.2) is 0 Å². The summed E-state index contributed by atoms with van der Waals surface area (Å²) in [6.07, 6.45) is 2.07. The van der Waals surface area contributed by atoms with Gasteiger partial charge in [-0.2, -0.15) is 4.39 Å². The number of nitro groups is 1. The van der Waals surface area contributed by atoms with Gasteiger partial charge in [0.2, 0.25) is 11.7 Å². The van der Waals surface area contributed by atoms with E-state index < -0.39 is 16.4 Å². The van der Waals surface area contributed by atoms with Crippen molar-refractivity contribution in [1.29, 1.82) is 0 Å². The molecule has 22 heavy (non-hydrogen) atoms. The van der Waals surface area contributed by atoms with Crippen LogP contribution in [0.4, 0.5) is 15.8 Å². The van der Waals surface area contributed by atoms with E-state index in [1.165, 1.54) is 6.07 Å². The van der Waals surface area contributed by atoms with Crippen LogP contribution in [0.15, 0.2) is 29.8 Å². The monoisotopic (exact) mass is 306 g/mol. The summed E-state index contributed by atoms with van der Waals surface area (Å²) in [7, 11) is 0. The first-order chi connectivity index (χ1) is 10.1. The molecule has 0 aromatic heterocycles. The van der Waals surface area contributed by atoms with Crippen LogP contribution in [-0.4, -0.2) is 10.8 Å². The lowest BCUT2D eigenvalue weighted by Crippen LogP contribution is -2.17. The number of amides is 1. The Balaban J connectivity index is 2.15. The molecule has 0 heterocycles. The third kappa shape index (κ3) is 3.00. The Bertz CT molecular complexity index is 663. The van der Waals surface area contributed by atoms with Gasteiger partial charge in [0, 0.05) is 11.8 Å². The standard InChI is InChI=1S/C16H19FN2O3/c1-9(2)7-11-14(16(11,3)4)15(20)18-10-5-6-12(17)13(8-10)19(21)22/h5-8,11,14H,1-4H3,(H,18,20). The van der Waals surface area contributed by atoms with E-state index in [0.717, 1.165) is 17.7 Å². The van der Waals surface area contributed by atoms with E-state index in [1.54, 1.807) is 0 Å². The number of hydrogen-bond donors (Lipinski definition) is 1. The predicted molar refractivity (Wildman–Crippen MR) is 81.9 cm³/mol. The van der Waals surface area contributed by atoms with Crippen molar-refractivity contribution in [2.24, 2.45) is 17.3 Å². The van der Waals surface area contributed by atoms with E-state index in [2.05, 4.69) is 11.4 Å². The van der Waals surface area contributed by atoms with Gasteiger partial charge in [-0.25, -0.2) is 0 Å². The molecule has 1 N–H and O–H groups in total. The number of nitro benzene ring substituents is 1. The average Bonchev–Trinajstić information content (AvgIpc) is 2.92. The maximum atomic E-state index is 13.3. The van der Waals surface area contributed by atoms with Gasteiger partial charge < -0.3 is 5.32 Å². The van der Waals surface area contributed by atoms with Gasteiger partial charge in [-0.1, -0.05) is 25.5 Å². The average molecular weight is 306 g/mol. The number of benzene rings is 1. The van der Waals surface area contributed by atoms with Crippen LogP contribution in [0, 0.1) is 33.2 Å². The Morgan fingerprint density at radius 1 is 1.41 bits per heavy atom. The topological polar surface area (TPSA) is 72.2 Å². The molecule has 0 radical (unpaired) electrons. The molecule has 2 rings (SSSR count). The first kappa shape index (κ1) is 16.1. The molecule has 1 amide bonds. The highest BCUT2D eigenvalue weighted by Gasteiger charge is 2.60. The van der Waals surface area contributed by atoms with Crippen LogP contribution in [-0.2, 0) is 4.79 Å². The molecule has 0 aliphatic heterocycles. The lowest BCUT2D eigenvalue weighted by atomic mass is 10.1. The summed E-state index contributed by atoms with van der Waals surface area (Å²) >= 11 is 0. The molecule has 0 bridgehead atoms. The summed E-state index contributed by atoms with van der Waals surface area (Å²) in [6, 6.07) is 3.35. The van der Waals surface area contributed by atoms with Crippen molar-refractivity contribution in [3.8, 4) is 0 Å². The Labute approximate surface area is 128 Å². The largest absolute Gasteiger partial charge is 0.326 e. The lowest BCUT2D eigenvalue weighted by Gasteiger charge is -2.06. The van der Waals surface area contributed by atoms with Crippen LogP contribution in [0.2, 0.25) is 0 Å². The number of carbonyl (C=O) groups excluding carboxylic acids is 1. The maximum Gasteiger partial charge on any atom is 0.306 e. The SMILES string of the molecule is CC(C)=CC1C(C(=O)Nc2ccc(F)c([N+](=O)[O-])c2)C1(C)C. The number of hydrogen-bond acceptors (Lipinski definition) is 3. The molecule has 2 unspecified atom stereocenters. The molecule has 1 aromatic carbocycles. The van der Waals surface area contributed by atoms with Crippen molar-refractivity contribution in [3.63, 3.8) is 0 Å². The molecule has 1 saturated carbocycles. The maximum absolute atomic E-state index is 13.3. The van der Waals surface area contributed by atoms with Gasteiger partial charge in [0.25, 0.3) is 0 Å². The van der Waals surface area contributed by atoms with E-state index in [-0.39, 0.29) is 28.8 Å². The first-order valence-electron chi connectivity index (χ1n) is 7.04. The minimum Gasteiger partial charge on any atom is -0.326 e.